The third-order valence-electron chi connectivity index (χ3n) is 5.15. The fourth-order valence-electron chi connectivity index (χ4n) is 4.10. The predicted octanol–water partition coefficient (Wildman–Crippen LogP) is 1.52. The number of likely N-dealkylation sites (tertiary alicyclic amines) is 1. The average Bonchev–Trinajstić information content (AvgIpc) is 3.03. The van der Waals surface area contributed by atoms with Gasteiger partial charge in [-0.25, -0.2) is 0 Å². The van der Waals surface area contributed by atoms with E-state index in [0.717, 1.165) is 25.9 Å². The molecule has 19 heavy (non-hydrogen) atoms. The second kappa shape index (κ2) is 4.07. The number of nitrogens with two attached hydrogens (primary N) is 1. The monoisotopic (exact) mass is 256 g/mol. The first kappa shape index (κ1) is 11.5. The molecule has 3 nitrogen and oxygen atoms in total. The first-order valence-electron chi connectivity index (χ1n) is 7.38. The number of nitrogens with zero attached hydrogens (tertiary/aromatic N) is 1. The number of rotatable bonds is 1. The maximum atomic E-state index is 12.6. The van der Waals surface area contributed by atoms with E-state index < -0.39 is 0 Å². The van der Waals surface area contributed by atoms with Crippen LogP contribution in [-0.2, 0) is 11.2 Å². The average molecular weight is 256 g/mol. The zero-order chi connectivity index (χ0) is 13.0. The molecule has 100 valence electrons. The fraction of sp³-hybridized carbons (Fsp3) is 0.562. The van der Waals surface area contributed by atoms with Gasteiger partial charge in [-0.1, -0.05) is 24.3 Å². The SMILES string of the molecule is N[C@H]1CCN(C(=O)C2C3CCc4ccccc4C32)C1. The lowest BCUT2D eigenvalue weighted by Crippen LogP contribution is -2.33. The molecule has 3 aliphatic rings. The van der Waals surface area contributed by atoms with Gasteiger partial charge < -0.3 is 10.6 Å². The minimum absolute atomic E-state index is 0.192. The molecule has 1 amide bonds. The molecule has 3 unspecified atom stereocenters. The summed E-state index contributed by atoms with van der Waals surface area (Å²) in [5.74, 6) is 1.70. The van der Waals surface area contributed by atoms with Gasteiger partial charge in [0.2, 0.25) is 5.91 Å². The minimum atomic E-state index is 0.192. The topological polar surface area (TPSA) is 46.3 Å². The van der Waals surface area contributed by atoms with Crippen LogP contribution in [0.5, 0.6) is 0 Å². The van der Waals surface area contributed by atoms with Gasteiger partial charge in [-0.3, -0.25) is 4.79 Å². The van der Waals surface area contributed by atoms with E-state index in [-0.39, 0.29) is 12.0 Å². The maximum Gasteiger partial charge on any atom is 0.226 e. The lowest BCUT2D eigenvalue weighted by Gasteiger charge is -2.15. The number of benzene rings is 1. The molecule has 1 saturated carbocycles. The normalized spacial score (nSPS) is 35.7. The van der Waals surface area contributed by atoms with Crippen LogP contribution in [0.2, 0.25) is 0 Å². The zero-order valence-corrected chi connectivity index (χ0v) is 11.1. The molecule has 2 aliphatic carbocycles. The first-order chi connectivity index (χ1) is 9.25. The zero-order valence-electron chi connectivity index (χ0n) is 11.1. The molecule has 2 N–H and O–H groups in total. The van der Waals surface area contributed by atoms with Crippen LogP contribution in [0, 0.1) is 11.8 Å². The summed E-state index contributed by atoms with van der Waals surface area (Å²) in [5.41, 5.74) is 8.80. The van der Waals surface area contributed by atoms with Gasteiger partial charge in [0.05, 0.1) is 0 Å². The number of hydrogen-bond donors (Lipinski definition) is 1. The number of carbonyl (C=O) groups is 1. The van der Waals surface area contributed by atoms with Crippen molar-refractivity contribution in [3.05, 3.63) is 35.4 Å². The highest BCUT2D eigenvalue weighted by Gasteiger charge is 2.58. The Kier molecular flexibility index (Phi) is 2.46. The van der Waals surface area contributed by atoms with Crippen molar-refractivity contribution >= 4 is 5.91 Å². The summed E-state index contributed by atoms with van der Waals surface area (Å²) in [6, 6.07) is 8.84. The Bertz CT molecular complexity index is 527. The van der Waals surface area contributed by atoms with E-state index in [1.54, 1.807) is 0 Å². The summed E-state index contributed by atoms with van der Waals surface area (Å²) in [6.07, 6.45) is 3.28. The Labute approximate surface area is 113 Å². The molecule has 4 rings (SSSR count). The largest absolute Gasteiger partial charge is 0.341 e. The van der Waals surface area contributed by atoms with Crippen molar-refractivity contribution in [1.29, 1.82) is 0 Å². The Morgan fingerprint density at radius 1 is 1.26 bits per heavy atom. The molecule has 2 fully saturated rings. The Balaban J connectivity index is 1.55. The quantitative estimate of drug-likeness (QED) is 0.828. The lowest BCUT2D eigenvalue weighted by atomic mass is 9.92. The summed E-state index contributed by atoms with van der Waals surface area (Å²) >= 11 is 0. The molecule has 1 heterocycles. The molecule has 0 aromatic heterocycles. The smallest absolute Gasteiger partial charge is 0.226 e. The van der Waals surface area contributed by atoms with Crippen LogP contribution in [0.3, 0.4) is 0 Å². The van der Waals surface area contributed by atoms with Gasteiger partial charge in [0.15, 0.2) is 0 Å². The van der Waals surface area contributed by atoms with Gasteiger partial charge in [0.1, 0.15) is 0 Å². The fourth-order valence-corrected chi connectivity index (χ4v) is 4.10. The van der Waals surface area contributed by atoms with Crippen molar-refractivity contribution in [3.8, 4) is 0 Å². The van der Waals surface area contributed by atoms with E-state index >= 15 is 0 Å². The van der Waals surface area contributed by atoms with E-state index in [2.05, 4.69) is 24.3 Å². The number of fused-ring (bicyclic) bond motifs is 3. The van der Waals surface area contributed by atoms with Crippen molar-refractivity contribution in [3.63, 3.8) is 0 Å². The van der Waals surface area contributed by atoms with E-state index in [9.17, 15) is 4.79 Å². The molecule has 3 heteroatoms. The van der Waals surface area contributed by atoms with Crippen LogP contribution in [0.25, 0.3) is 0 Å². The van der Waals surface area contributed by atoms with Crippen molar-refractivity contribution in [2.45, 2.75) is 31.2 Å². The summed E-state index contributed by atoms with van der Waals surface area (Å²) in [4.78, 5) is 14.6. The molecule has 0 bridgehead atoms. The van der Waals surface area contributed by atoms with E-state index in [0.29, 0.717) is 17.7 Å². The van der Waals surface area contributed by atoms with Crippen molar-refractivity contribution < 1.29 is 4.79 Å². The Morgan fingerprint density at radius 3 is 2.89 bits per heavy atom. The van der Waals surface area contributed by atoms with Crippen LogP contribution in [-0.4, -0.2) is 29.9 Å². The van der Waals surface area contributed by atoms with E-state index in [4.69, 9.17) is 5.73 Å². The Morgan fingerprint density at radius 2 is 2.11 bits per heavy atom. The standard InChI is InChI=1S/C16H20N2O/c17-11-7-8-18(9-11)16(19)15-13-6-5-10-3-1-2-4-12(10)14(13)15/h1-4,11,13-15H,5-9,17H2/t11-,13?,14?,15?/m0/s1. The molecule has 0 radical (unpaired) electrons. The third kappa shape index (κ3) is 1.71. The molecule has 1 aromatic carbocycles. The highest BCUT2D eigenvalue weighted by Crippen LogP contribution is 2.60. The van der Waals surface area contributed by atoms with Crippen molar-refractivity contribution in [2.75, 3.05) is 13.1 Å². The lowest BCUT2D eigenvalue weighted by molar-refractivity contribution is -0.132. The van der Waals surface area contributed by atoms with Crippen LogP contribution in [0.1, 0.15) is 29.9 Å². The van der Waals surface area contributed by atoms with Gasteiger partial charge in [0, 0.05) is 25.0 Å². The van der Waals surface area contributed by atoms with Crippen LogP contribution < -0.4 is 5.73 Å². The number of carbonyl (C=O) groups excluding carboxylic acids is 1. The van der Waals surface area contributed by atoms with Crippen LogP contribution in [0.15, 0.2) is 24.3 Å². The highest BCUT2D eigenvalue weighted by molar-refractivity contribution is 5.84. The van der Waals surface area contributed by atoms with Gasteiger partial charge in [0.25, 0.3) is 0 Å². The molecule has 0 spiro atoms. The molecule has 4 atom stereocenters. The molecule has 1 aliphatic heterocycles. The maximum absolute atomic E-state index is 12.6. The van der Waals surface area contributed by atoms with Crippen molar-refractivity contribution in [1.82, 2.24) is 4.90 Å². The molecule has 1 saturated heterocycles. The third-order valence-corrected chi connectivity index (χ3v) is 5.15. The number of aryl methyl sites for hydroxylation is 1. The van der Waals surface area contributed by atoms with Gasteiger partial charge in [-0.15, -0.1) is 0 Å². The summed E-state index contributed by atoms with van der Waals surface area (Å²) in [6.45, 7) is 1.62. The van der Waals surface area contributed by atoms with Crippen LogP contribution in [0.4, 0.5) is 0 Å². The second-order valence-electron chi connectivity index (χ2n) is 6.29. The van der Waals surface area contributed by atoms with Gasteiger partial charge in [-0.05, 0) is 42.2 Å². The summed E-state index contributed by atoms with van der Waals surface area (Å²) in [5, 5.41) is 0. The number of hydrogen-bond acceptors (Lipinski definition) is 2. The number of amides is 1. The van der Waals surface area contributed by atoms with Crippen molar-refractivity contribution in [2.24, 2.45) is 17.6 Å². The predicted molar refractivity (Wildman–Crippen MR) is 73.7 cm³/mol. The van der Waals surface area contributed by atoms with Crippen LogP contribution >= 0.6 is 0 Å². The van der Waals surface area contributed by atoms with E-state index in [1.807, 2.05) is 4.90 Å². The Hall–Kier alpha value is -1.35. The van der Waals surface area contributed by atoms with Gasteiger partial charge in [-0.2, -0.15) is 0 Å². The summed E-state index contributed by atoms with van der Waals surface area (Å²) in [7, 11) is 0. The molecular weight excluding hydrogens is 236 g/mol. The highest BCUT2D eigenvalue weighted by atomic mass is 16.2. The van der Waals surface area contributed by atoms with Gasteiger partial charge >= 0.3 is 0 Å². The molecular formula is C16H20N2O. The summed E-state index contributed by atoms with van der Waals surface area (Å²) < 4.78 is 0. The second-order valence-corrected chi connectivity index (χ2v) is 6.29. The molecule has 1 aromatic rings. The van der Waals surface area contributed by atoms with E-state index in [1.165, 1.54) is 17.5 Å². The first-order valence-corrected chi connectivity index (χ1v) is 7.38. The minimum Gasteiger partial charge on any atom is -0.341 e.